The zero-order valence-corrected chi connectivity index (χ0v) is 16.4. The first-order valence-corrected chi connectivity index (χ1v) is 9.70. The highest BCUT2D eigenvalue weighted by Crippen LogP contribution is 2.34. The van der Waals surface area contributed by atoms with E-state index in [-0.39, 0.29) is 5.82 Å². The summed E-state index contributed by atoms with van der Waals surface area (Å²) in [7, 11) is 0. The number of hydrogen-bond donors (Lipinski definition) is 0. The predicted octanol–water partition coefficient (Wildman–Crippen LogP) is 6.72. The first-order chi connectivity index (χ1) is 12.5. The molecule has 2 aromatic carbocycles. The number of ether oxygens (including phenoxy) is 1. The lowest BCUT2D eigenvalue weighted by Gasteiger charge is -2.22. The summed E-state index contributed by atoms with van der Waals surface area (Å²) in [4.78, 5) is 0. The van der Waals surface area contributed by atoms with Crippen molar-refractivity contribution >= 4 is 5.57 Å². The molecule has 0 heterocycles. The van der Waals surface area contributed by atoms with Crippen molar-refractivity contribution in [1.82, 2.24) is 0 Å². The molecular formula is C24H29FO. The molecule has 0 radical (unpaired) electrons. The third-order valence-corrected chi connectivity index (χ3v) is 5.73. The molecule has 0 saturated carbocycles. The van der Waals surface area contributed by atoms with E-state index in [0.717, 1.165) is 37.0 Å². The van der Waals surface area contributed by atoms with Crippen LogP contribution >= 0.6 is 0 Å². The minimum absolute atomic E-state index is 0.123. The van der Waals surface area contributed by atoms with Crippen molar-refractivity contribution in [3.8, 4) is 5.75 Å². The maximum absolute atomic E-state index is 14.0. The lowest BCUT2D eigenvalue weighted by atomic mass is 9.87. The van der Waals surface area contributed by atoms with Gasteiger partial charge in [-0.1, -0.05) is 25.1 Å². The third-order valence-electron chi connectivity index (χ3n) is 5.73. The Balaban J connectivity index is 1.85. The number of hydrogen-bond acceptors (Lipinski definition) is 1. The Morgan fingerprint density at radius 1 is 0.962 bits per heavy atom. The zero-order valence-electron chi connectivity index (χ0n) is 16.4. The van der Waals surface area contributed by atoms with Gasteiger partial charge in [-0.15, -0.1) is 0 Å². The Morgan fingerprint density at radius 2 is 1.73 bits per heavy atom. The molecule has 0 amide bonds. The van der Waals surface area contributed by atoms with Gasteiger partial charge in [-0.05, 0) is 104 Å². The third kappa shape index (κ3) is 3.85. The van der Waals surface area contributed by atoms with Crippen LogP contribution in [0.3, 0.4) is 0 Å². The SMILES string of the molecule is CCc1ccc(OCC2=C(c3ccc(C)c(F)c3)CCCC2)c(C)c1C. The van der Waals surface area contributed by atoms with Crippen molar-refractivity contribution in [2.45, 2.75) is 59.8 Å². The molecule has 1 aliphatic carbocycles. The van der Waals surface area contributed by atoms with Crippen molar-refractivity contribution in [3.05, 3.63) is 69.5 Å². The largest absolute Gasteiger partial charge is 0.489 e. The van der Waals surface area contributed by atoms with E-state index in [2.05, 4.69) is 32.9 Å². The fraction of sp³-hybridized carbons (Fsp3) is 0.417. The summed E-state index contributed by atoms with van der Waals surface area (Å²) in [5, 5.41) is 0. The topological polar surface area (TPSA) is 9.23 Å². The molecule has 0 aliphatic heterocycles. The molecule has 2 aromatic rings. The summed E-state index contributed by atoms with van der Waals surface area (Å²) in [6.45, 7) is 8.89. The van der Waals surface area contributed by atoms with Crippen LogP contribution in [0.2, 0.25) is 0 Å². The van der Waals surface area contributed by atoms with E-state index in [9.17, 15) is 4.39 Å². The van der Waals surface area contributed by atoms with Gasteiger partial charge in [0.05, 0.1) is 0 Å². The molecule has 0 fully saturated rings. The second kappa shape index (κ2) is 8.07. The van der Waals surface area contributed by atoms with E-state index < -0.39 is 0 Å². The van der Waals surface area contributed by atoms with Crippen LogP contribution < -0.4 is 4.74 Å². The minimum atomic E-state index is -0.123. The van der Waals surface area contributed by atoms with Gasteiger partial charge >= 0.3 is 0 Å². The van der Waals surface area contributed by atoms with Crippen molar-refractivity contribution in [2.24, 2.45) is 0 Å². The lowest BCUT2D eigenvalue weighted by Crippen LogP contribution is -2.09. The predicted molar refractivity (Wildman–Crippen MR) is 107 cm³/mol. The quantitative estimate of drug-likeness (QED) is 0.580. The zero-order chi connectivity index (χ0) is 18.7. The normalized spacial score (nSPS) is 14.7. The molecule has 0 N–H and O–H groups in total. The van der Waals surface area contributed by atoms with Crippen LogP contribution in [0.5, 0.6) is 5.75 Å². The van der Waals surface area contributed by atoms with Crippen molar-refractivity contribution < 1.29 is 9.13 Å². The fourth-order valence-corrected chi connectivity index (χ4v) is 3.81. The van der Waals surface area contributed by atoms with Crippen LogP contribution in [0.15, 0.2) is 35.9 Å². The van der Waals surface area contributed by atoms with Crippen LogP contribution in [0.25, 0.3) is 5.57 Å². The van der Waals surface area contributed by atoms with E-state index in [1.165, 1.54) is 34.3 Å². The smallest absolute Gasteiger partial charge is 0.126 e. The van der Waals surface area contributed by atoms with Crippen LogP contribution in [0, 0.1) is 26.6 Å². The average Bonchev–Trinajstić information content (AvgIpc) is 2.65. The van der Waals surface area contributed by atoms with Gasteiger partial charge in [-0.2, -0.15) is 0 Å². The van der Waals surface area contributed by atoms with Crippen LogP contribution in [-0.2, 0) is 6.42 Å². The standard InChI is InChI=1S/C24H29FO/c1-5-19-12-13-24(18(4)17(19)3)26-15-21-8-6-7-9-22(21)20-11-10-16(2)23(25)14-20/h10-14H,5-9,15H2,1-4H3. The Hall–Kier alpha value is -2.09. The summed E-state index contributed by atoms with van der Waals surface area (Å²) in [5.74, 6) is 0.842. The molecule has 0 unspecified atom stereocenters. The number of rotatable bonds is 5. The molecule has 1 nitrogen and oxygen atoms in total. The molecule has 0 bridgehead atoms. The molecular weight excluding hydrogens is 323 g/mol. The number of benzene rings is 2. The Morgan fingerprint density at radius 3 is 2.46 bits per heavy atom. The van der Waals surface area contributed by atoms with Gasteiger partial charge in [0, 0.05) is 0 Å². The summed E-state index contributed by atoms with van der Waals surface area (Å²) < 4.78 is 20.2. The molecule has 138 valence electrons. The van der Waals surface area contributed by atoms with E-state index in [1.807, 2.05) is 19.1 Å². The highest BCUT2D eigenvalue weighted by atomic mass is 19.1. The molecule has 0 spiro atoms. The monoisotopic (exact) mass is 352 g/mol. The molecule has 3 rings (SSSR count). The van der Waals surface area contributed by atoms with Crippen LogP contribution in [0.1, 0.15) is 60.4 Å². The minimum Gasteiger partial charge on any atom is -0.489 e. The average molecular weight is 352 g/mol. The Bertz CT molecular complexity index is 832. The Kier molecular flexibility index (Phi) is 5.80. The van der Waals surface area contributed by atoms with Gasteiger partial charge in [0.25, 0.3) is 0 Å². The summed E-state index contributed by atoms with van der Waals surface area (Å²) >= 11 is 0. The van der Waals surface area contributed by atoms with Gasteiger partial charge in [0.15, 0.2) is 0 Å². The van der Waals surface area contributed by atoms with Crippen molar-refractivity contribution in [3.63, 3.8) is 0 Å². The summed E-state index contributed by atoms with van der Waals surface area (Å²) in [6.07, 6.45) is 5.44. The lowest BCUT2D eigenvalue weighted by molar-refractivity contribution is 0.342. The number of allylic oxidation sites excluding steroid dienone is 1. The second-order valence-corrected chi connectivity index (χ2v) is 7.37. The highest BCUT2D eigenvalue weighted by Gasteiger charge is 2.17. The number of halogens is 1. The maximum atomic E-state index is 14.0. The number of aryl methyl sites for hydroxylation is 2. The highest BCUT2D eigenvalue weighted by molar-refractivity contribution is 5.70. The van der Waals surface area contributed by atoms with E-state index >= 15 is 0 Å². The summed E-state index contributed by atoms with van der Waals surface area (Å²) in [5.41, 5.74) is 8.23. The second-order valence-electron chi connectivity index (χ2n) is 7.37. The van der Waals surface area contributed by atoms with Crippen LogP contribution in [-0.4, -0.2) is 6.61 Å². The van der Waals surface area contributed by atoms with E-state index in [4.69, 9.17) is 4.74 Å². The van der Waals surface area contributed by atoms with Crippen LogP contribution in [0.4, 0.5) is 4.39 Å². The van der Waals surface area contributed by atoms with E-state index in [0.29, 0.717) is 12.2 Å². The fourth-order valence-electron chi connectivity index (χ4n) is 3.81. The molecule has 26 heavy (non-hydrogen) atoms. The van der Waals surface area contributed by atoms with Gasteiger partial charge in [-0.25, -0.2) is 4.39 Å². The van der Waals surface area contributed by atoms with Gasteiger partial charge < -0.3 is 4.74 Å². The molecule has 0 saturated heterocycles. The molecule has 0 aromatic heterocycles. The van der Waals surface area contributed by atoms with Gasteiger partial charge in [-0.3, -0.25) is 0 Å². The summed E-state index contributed by atoms with van der Waals surface area (Å²) in [6, 6.07) is 9.87. The first kappa shape index (κ1) is 18.7. The molecule has 1 aliphatic rings. The van der Waals surface area contributed by atoms with Gasteiger partial charge in [0.1, 0.15) is 18.2 Å². The first-order valence-electron chi connectivity index (χ1n) is 9.70. The van der Waals surface area contributed by atoms with Crippen molar-refractivity contribution in [2.75, 3.05) is 6.61 Å². The van der Waals surface area contributed by atoms with Gasteiger partial charge in [0.2, 0.25) is 0 Å². The molecule has 0 atom stereocenters. The Labute approximate surface area is 156 Å². The van der Waals surface area contributed by atoms with Crippen molar-refractivity contribution in [1.29, 1.82) is 0 Å². The maximum Gasteiger partial charge on any atom is 0.126 e. The molecule has 2 heteroatoms. The van der Waals surface area contributed by atoms with E-state index in [1.54, 1.807) is 6.07 Å².